The fourth-order valence-corrected chi connectivity index (χ4v) is 2.23. The van der Waals surface area contributed by atoms with E-state index in [0.29, 0.717) is 17.7 Å². The zero-order valence-electron chi connectivity index (χ0n) is 11.2. The van der Waals surface area contributed by atoms with Gasteiger partial charge in [0.25, 0.3) is 0 Å². The third-order valence-electron chi connectivity index (χ3n) is 2.62. The summed E-state index contributed by atoms with van der Waals surface area (Å²) in [6, 6.07) is 12.1. The Morgan fingerprint density at radius 1 is 1.00 bits per heavy atom. The summed E-state index contributed by atoms with van der Waals surface area (Å²) in [5, 5.41) is 0. The molecule has 0 fully saturated rings. The monoisotopic (exact) mass is 338 g/mol. The van der Waals surface area contributed by atoms with Gasteiger partial charge in [0.15, 0.2) is 0 Å². The van der Waals surface area contributed by atoms with E-state index in [9.17, 15) is 4.39 Å². The van der Waals surface area contributed by atoms with Crippen LogP contribution in [0.3, 0.4) is 0 Å². The van der Waals surface area contributed by atoms with Gasteiger partial charge >= 0.3 is 0 Å². The van der Waals surface area contributed by atoms with E-state index in [-0.39, 0.29) is 5.82 Å². The van der Waals surface area contributed by atoms with E-state index in [4.69, 9.17) is 9.47 Å². The maximum absolute atomic E-state index is 13.2. The molecule has 0 atom stereocenters. The highest BCUT2D eigenvalue weighted by atomic mass is 79.9. The van der Waals surface area contributed by atoms with Crippen LogP contribution in [0.4, 0.5) is 4.39 Å². The minimum atomic E-state index is -0.277. The van der Waals surface area contributed by atoms with E-state index in [2.05, 4.69) is 22.9 Å². The van der Waals surface area contributed by atoms with Crippen LogP contribution in [0.1, 0.15) is 18.9 Å². The summed E-state index contributed by atoms with van der Waals surface area (Å²) in [7, 11) is 0. The first-order valence-corrected chi connectivity index (χ1v) is 7.27. The van der Waals surface area contributed by atoms with Crippen molar-refractivity contribution in [1.29, 1.82) is 0 Å². The van der Waals surface area contributed by atoms with Gasteiger partial charge in [0, 0.05) is 4.47 Å². The maximum atomic E-state index is 13.2. The summed E-state index contributed by atoms with van der Waals surface area (Å²) >= 11 is 3.26. The van der Waals surface area contributed by atoms with Crippen LogP contribution < -0.4 is 9.47 Å². The predicted octanol–water partition coefficient (Wildman–Crippen LogP) is 4.96. The van der Waals surface area contributed by atoms with Crippen molar-refractivity contribution in [1.82, 2.24) is 0 Å². The molecule has 0 bridgehead atoms. The van der Waals surface area contributed by atoms with Crippen LogP contribution in [0.5, 0.6) is 11.5 Å². The summed E-state index contributed by atoms with van der Waals surface area (Å²) in [6.45, 7) is 3.09. The summed E-state index contributed by atoms with van der Waals surface area (Å²) in [5.74, 6) is 1.28. The van der Waals surface area contributed by atoms with Gasteiger partial charge in [-0.2, -0.15) is 0 Å². The molecule has 20 heavy (non-hydrogen) atoms. The van der Waals surface area contributed by atoms with Crippen LogP contribution in [-0.4, -0.2) is 6.61 Å². The second-order valence-electron chi connectivity index (χ2n) is 4.39. The molecule has 0 saturated heterocycles. The molecule has 0 N–H and O–H groups in total. The average molecular weight is 339 g/mol. The highest BCUT2D eigenvalue weighted by Gasteiger charge is 2.01. The van der Waals surface area contributed by atoms with Crippen LogP contribution in [0.15, 0.2) is 46.9 Å². The first kappa shape index (κ1) is 14.9. The lowest BCUT2D eigenvalue weighted by atomic mass is 10.2. The van der Waals surface area contributed by atoms with E-state index in [1.54, 1.807) is 0 Å². The Balaban J connectivity index is 1.93. The lowest BCUT2D eigenvalue weighted by Crippen LogP contribution is -1.97. The van der Waals surface area contributed by atoms with E-state index in [0.717, 1.165) is 23.5 Å². The van der Waals surface area contributed by atoms with Gasteiger partial charge in [-0.25, -0.2) is 4.39 Å². The Morgan fingerprint density at radius 2 is 1.65 bits per heavy atom. The molecular weight excluding hydrogens is 323 g/mol. The second-order valence-corrected chi connectivity index (χ2v) is 5.30. The van der Waals surface area contributed by atoms with Crippen LogP contribution in [0, 0.1) is 5.82 Å². The van der Waals surface area contributed by atoms with E-state index in [1.807, 2.05) is 30.3 Å². The van der Waals surface area contributed by atoms with Crippen molar-refractivity contribution in [3.63, 3.8) is 0 Å². The van der Waals surface area contributed by atoms with Crippen molar-refractivity contribution in [2.75, 3.05) is 6.61 Å². The van der Waals surface area contributed by atoms with Crippen molar-refractivity contribution >= 4 is 15.9 Å². The minimum Gasteiger partial charge on any atom is -0.494 e. The fraction of sp³-hybridized carbons (Fsp3) is 0.250. The summed E-state index contributed by atoms with van der Waals surface area (Å²) < 4.78 is 25.0. The second kappa shape index (κ2) is 7.29. The molecular formula is C16H16BrFO2. The van der Waals surface area contributed by atoms with Crippen molar-refractivity contribution in [3.05, 3.63) is 58.3 Å². The molecule has 0 aliphatic rings. The van der Waals surface area contributed by atoms with Gasteiger partial charge in [0.1, 0.15) is 23.9 Å². The molecule has 2 rings (SSSR count). The molecule has 0 unspecified atom stereocenters. The number of halogens is 2. The average Bonchev–Trinajstić information content (AvgIpc) is 2.43. The topological polar surface area (TPSA) is 18.5 Å². The fourth-order valence-electron chi connectivity index (χ4n) is 1.71. The standard InChI is InChI=1S/C16H16BrFO2/c1-2-7-19-15-3-5-16(6-4-15)20-11-12-8-13(17)10-14(18)9-12/h3-6,8-10H,2,7,11H2,1H3. The Hall–Kier alpha value is -1.55. The number of ether oxygens (including phenoxy) is 2. The van der Waals surface area contributed by atoms with Gasteiger partial charge in [-0.05, 0) is 54.4 Å². The third-order valence-corrected chi connectivity index (χ3v) is 3.08. The molecule has 0 aromatic heterocycles. The summed E-state index contributed by atoms with van der Waals surface area (Å²) in [4.78, 5) is 0. The molecule has 0 saturated carbocycles. The normalized spacial score (nSPS) is 10.3. The van der Waals surface area contributed by atoms with Crippen LogP contribution in [0.25, 0.3) is 0 Å². The first-order valence-electron chi connectivity index (χ1n) is 6.48. The van der Waals surface area contributed by atoms with Crippen molar-refractivity contribution < 1.29 is 13.9 Å². The lowest BCUT2D eigenvalue weighted by Gasteiger charge is -2.08. The Bertz CT molecular complexity index is 535. The summed E-state index contributed by atoms with van der Waals surface area (Å²) in [5.41, 5.74) is 0.781. The Labute approximate surface area is 126 Å². The molecule has 2 nitrogen and oxygen atoms in total. The molecule has 106 valence electrons. The molecule has 0 heterocycles. The predicted molar refractivity (Wildman–Crippen MR) is 80.7 cm³/mol. The largest absolute Gasteiger partial charge is 0.494 e. The van der Waals surface area contributed by atoms with Gasteiger partial charge in [0.05, 0.1) is 6.61 Å². The Kier molecular flexibility index (Phi) is 5.41. The SMILES string of the molecule is CCCOc1ccc(OCc2cc(F)cc(Br)c2)cc1. The number of rotatable bonds is 6. The molecule has 0 radical (unpaired) electrons. The van der Waals surface area contributed by atoms with Gasteiger partial charge in [-0.1, -0.05) is 22.9 Å². The van der Waals surface area contributed by atoms with Gasteiger partial charge in [-0.3, -0.25) is 0 Å². The van der Waals surface area contributed by atoms with Gasteiger partial charge < -0.3 is 9.47 Å². The van der Waals surface area contributed by atoms with Crippen molar-refractivity contribution in [3.8, 4) is 11.5 Å². The number of hydrogen-bond acceptors (Lipinski definition) is 2. The number of benzene rings is 2. The molecule has 2 aromatic carbocycles. The minimum absolute atomic E-state index is 0.277. The van der Waals surface area contributed by atoms with Crippen LogP contribution >= 0.6 is 15.9 Å². The molecule has 0 aliphatic heterocycles. The third kappa shape index (κ3) is 4.53. The first-order chi connectivity index (χ1) is 9.67. The molecule has 4 heteroatoms. The van der Waals surface area contributed by atoms with Gasteiger partial charge in [0.2, 0.25) is 0 Å². The molecule has 2 aromatic rings. The highest BCUT2D eigenvalue weighted by Crippen LogP contribution is 2.20. The van der Waals surface area contributed by atoms with Crippen molar-refractivity contribution in [2.45, 2.75) is 20.0 Å². The highest BCUT2D eigenvalue weighted by molar-refractivity contribution is 9.10. The number of hydrogen-bond donors (Lipinski definition) is 0. The molecule has 0 aliphatic carbocycles. The van der Waals surface area contributed by atoms with Crippen LogP contribution in [0.2, 0.25) is 0 Å². The smallest absolute Gasteiger partial charge is 0.124 e. The Morgan fingerprint density at radius 3 is 2.25 bits per heavy atom. The van der Waals surface area contributed by atoms with E-state index in [1.165, 1.54) is 12.1 Å². The molecule has 0 amide bonds. The maximum Gasteiger partial charge on any atom is 0.124 e. The lowest BCUT2D eigenvalue weighted by molar-refractivity contribution is 0.301. The quantitative estimate of drug-likeness (QED) is 0.741. The zero-order chi connectivity index (χ0) is 14.4. The van der Waals surface area contributed by atoms with E-state index < -0.39 is 0 Å². The summed E-state index contributed by atoms with van der Waals surface area (Å²) in [6.07, 6.45) is 0.979. The zero-order valence-corrected chi connectivity index (χ0v) is 12.8. The van der Waals surface area contributed by atoms with Crippen molar-refractivity contribution in [2.24, 2.45) is 0 Å². The van der Waals surface area contributed by atoms with Crippen LogP contribution in [-0.2, 0) is 6.61 Å². The van der Waals surface area contributed by atoms with Gasteiger partial charge in [-0.15, -0.1) is 0 Å². The molecule has 0 spiro atoms. The van der Waals surface area contributed by atoms with E-state index >= 15 is 0 Å².